The first-order valence-corrected chi connectivity index (χ1v) is 24.9. The molecule has 6 heteroatoms. The van der Waals surface area contributed by atoms with Crippen molar-refractivity contribution >= 4 is 103 Å². The van der Waals surface area contributed by atoms with Crippen LogP contribution in [0.1, 0.15) is 12.8 Å². The molecule has 0 saturated heterocycles. The van der Waals surface area contributed by atoms with Crippen molar-refractivity contribution in [2.75, 3.05) is 0 Å². The number of hydrogen-bond donors (Lipinski definition) is 0. The third-order valence-corrected chi connectivity index (χ3v) is 15.7. The molecule has 15 rings (SSSR count). The van der Waals surface area contributed by atoms with Gasteiger partial charge in [0, 0.05) is 54.1 Å². The number of benzene rings is 9. The van der Waals surface area contributed by atoms with Gasteiger partial charge >= 0.3 is 0 Å². The first kappa shape index (κ1) is 39.2. The van der Waals surface area contributed by atoms with Crippen molar-refractivity contribution in [1.82, 2.24) is 23.7 Å². The molecule has 0 amide bonds. The van der Waals surface area contributed by atoms with E-state index in [0.717, 1.165) is 61.4 Å². The molecular formula is C64H41N5S. The molecule has 0 fully saturated rings. The van der Waals surface area contributed by atoms with Gasteiger partial charge in [-0.15, -0.1) is 11.3 Å². The van der Waals surface area contributed by atoms with Crippen molar-refractivity contribution in [2.24, 2.45) is 0 Å². The van der Waals surface area contributed by atoms with Crippen LogP contribution in [0.3, 0.4) is 0 Å². The van der Waals surface area contributed by atoms with Gasteiger partial charge in [0.2, 0.25) is 5.95 Å². The summed E-state index contributed by atoms with van der Waals surface area (Å²) in [4.78, 5) is 12.4. The van der Waals surface area contributed by atoms with Gasteiger partial charge in [-0.1, -0.05) is 146 Å². The summed E-state index contributed by atoms with van der Waals surface area (Å²) in [7, 11) is 0. The fraction of sp³-hybridized carbons (Fsp3) is 0.0312. The minimum absolute atomic E-state index is 0.648. The standard InChI is InChI=1S/C64H41N5S/c1-4-17-41(18-5-1)60-39-53-63(70-60)62(44-31-34-57-51(38-44)49-25-13-15-27-55(49)68(57)46-21-8-3-9-22-46)66-64(65-53)69-58-33-30-43(37-52(58)61-47-23-11-10-16-40(47)28-35-59(61)69)42-29-32-56-50(36-42)48-24-12-14-26-54(48)67(56)45-19-6-2-7-20-45/h1,3-6,8-39H,2,7H2. The van der Waals surface area contributed by atoms with Crippen LogP contribution in [-0.4, -0.2) is 23.7 Å². The Morgan fingerprint density at radius 3 is 1.73 bits per heavy atom. The van der Waals surface area contributed by atoms with Gasteiger partial charge in [-0.3, -0.25) is 4.57 Å². The summed E-state index contributed by atoms with van der Waals surface area (Å²) in [6.07, 6.45) is 9.07. The van der Waals surface area contributed by atoms with E-state index < -0.39 is 0 Å². The van der Waals surface area contributed by atoms with Crippen LogP contribution in [0.4, 0.5) is 0 Å². The third-order valence-electron chi connectivity index (χ3n) is 14.5. The van der Waals surface area contributed by atoms with Crippen LogP contribution in [0.2, 0.25) is 0 Å². The molecule has 1 aliphatic carbocycles. The van der Waals surface area contributed by atoms with Gasteiger partial charge in [-0.05, 0) is 119 Å². The Morgan fingerprint density at radius 1 is 0.400 bits per heavy atom. The lowest BCUT2D eigenvalue weighted by Gasteiger charge is -2.12. The zero-order valence-corrected chi connectivity index (χ0v) is 38.7. The van der Waals surface area contributed by atoms with E-state index in [4.69, 9.17) is 9.97 Å². The summed E-state index contributed by atoms with van der Waals surface area (Å²) in [6, 6.07) is 75.1. The highest BCUT2D eigenvalue weighted by molar-refractivity contribution is 7.22. The van der Waals surface area contributed by atoms with Gasteiger partial charge in [0.25, 0.3) is 0 Å². The Balaban J connectivity index is 0.965. The number of para-hydroxylation sites is 3. The van der Waals surface area contributed by atoms with Crippen LogP contribution in [0.25, 0.3) is 137 Å². The first-order chi connectivity index (χ1) is 34.7. The third kappa shape index (κ3) is 5.90. The molecule has 0 saturated carbocycles. The average Bonchev–Trinajstić information content (AvgIpc) is 4.19. The minimum Gasteiger partial charge on any atom is -0.310 e. The van der Waals surface area contributed by atoms with Gasteiger partial charge in [0.05, 0.1) is 49.0 Å². The number of hydrogen-bond acceptors (Lipinski definition) is 3. The number of nitrogens with zero attached hydrogens (tertiary/aromatic N) is 5. The average molecular weight is 912 g/mol. The van der Waals surface area contributed by atoms with Gasteiger partial charge < -0.3 is 9.13 Å². The first-order valence-electron chi connectivity index (χ1n) is 24.0. The molecule has 0 unspecified atom stereocenters. The molecule has 9 aromatic carbocycles. The second-order valence-corrected chi connectivity index (χ2v) is 19.5. The largest absolute Gasteiger partial charge is 0.310 e. The second kappa shape index (κ2) is 15.3. The van der Waals surface area contributed by atoms with Crippen LogP contribution < -0.4 is 0 Å². The topological polar surface area (TPSA) is 40.6 Å². The number of allylic oxidation sites excluding steroid dienone is 4. The smallest absolute Gasteiger partial charge is 0.235 e. The van der Waals surface area contributed by atoms with E-state index in [2.05, 4.69) is 238 Å². The highest BCUT2D eigenvalue weighted by atomic mass is 32.1. The number of rotatable bonds is 6. The lowest BCUT2D eigenvalue weighted by Crippen LogP contribution is -2.02. The van der Waals surface area contributed by atoms with Crippen LogP contribution in [0, 0.1) is 0 Å². The predicted octanol–water partition coefficient (Wildman–Crippen LogP) is 17.3. The number of aromatic nitrogens is 5. The van der Waals surface area contributed by atoms with Gasteiger partial charge in [0.15, 0.2) is 0 Å². The van der Waals surface area contributed by atoms with E-state index in [0.29, 0.717) is 5.95 Å². The molecule has 5 heterocycles. The fourth-order valence-corrected chi connectivity index (χ4v) is 12.4. The molecule has 5 aromatic heterocycles. The Morgan fingerprint density at radius 2 is 0.986 bits per heavy atom. The quantitative estimate of drug-likeness (QED) is 0.167. The molecule has 0 atom stereocenters. The molecule has 0 radical (unpaired) electrons. The molecular weight excluding hydrogens is 871 g/mol. The Labute approximate surface area is 406 Å². The van der Waals surface area contributed by atoms with Crippen molar-refractivity contribution in [3.8, 4) is 44.5 Å². The maximum Gasteiger partial charge on any atom is 0.235 e. The minimum atomic E-state index is 0.648. The van der Waals surface area contributed by atoms with E-state index in [9.17, 15) is 0 Å². The van der Waals surface area contributed by atoms with Gasteiger partial charge in [-0.2, -0.15) is 0 Å². The summed E-state index contributed by atoms with van der Waals surface area (Å²) in [5, 5.41) is 9.67. The highest BCUT2D eigenvalue weighted by Gasteiger charge is 2.23. The highest BCUT2D eigenvalue weighted by Crippen LogP contribution is 2.44. The van der Waals surface area contributed by atoms with Crippen LogP contribution >= 0.6 is 11.3 Å². The fourth-order valence-electron chi connectivity index (χ4n) is 11.3. The predicted molar refractivity (Wildman–Crippen MR) is 296 cm³/mol. The number of thiophene rings is 1. The van der Waals surface area contributed by atoms with Crippen molar-refractivity contribution in [1.29, 1.82) is 0 Å². The Bertz CT molecular complexity index is 4520. The number of fused-ring (bicyclic) bond motifs is 12. The Kier molecular flexibility index (Phi) is 8.59. The summed E-state index contributed by atoms with van der Waals surface area (Å²) >= 11 is 1.76. The van der Waals surface area contributed by atoms with Crippen LogP contribution in [0.15, 0.2) is 224 Å². The van der Waals surface area contributed by atoms with E-state index >= 15 is 0 Å². The lowest BCUT2D eigenvalue weighted by molar-refractivity contribution is 1.02. The van der Waals surface area contributed by atoms with E-state index in [1.807, 2.05) is 0 Å². The zero-order valence-electron chi connectivity index (χ0n) is 37.9. The van der Waals surface area contributed by atoms with Crippen LogP contribution in [-0.2, 0) is 0 Å². The summed E-state index contributed by atoms with van der Waals surface area (Å²) < 4.78 is 8.16. The molecule has 5 nitrogen and oxygen atoms in total. The zero-order chi connectivity index (χ0) is 45.9. The monoisotopic (exact) mass is 911 g/mol. The van der Waals surface area contributed by atoms with Crippen molar-refractivity contribution in [3.63, 3.8) is 0 Å². The van der Waals surface area contributed by atoms with Crippen molar-refractivity contribution in [3.05, 3.63) is 224 Å². The van der Waals surface area contributed by atoms with E-state index in [1.54, 1.807) is 11.3 Å². The summed E-state index contributed by atoms with van der Waals surface area (Å²) in [5.74, 6) is 0.648. The second-order valence-electron chi connectivity index (χ2n) is 18.4. The molecule has 0 N–H and O–H groups in total. The summed E-state index contributed by atoms with van der Waals surface area (Å²) in [5.41, 5.74) is 15.7. The van der Waals surface area contributed by atoms with Crippen molar-refractivity contribution < 1.29 is 0 Å². The lowest BCUT2D eigenvalue weighted by atomic mass is 9.99. The molecule has 70 heavy (non-hydrogen) atoms. The van der Waals surface area contributed by atoms with Gasteiger partial charge in [0.1, 0.15) is 0 Å². The summed E-state index contributed by atoms with van der Waals surface area (Å²) in [6.45, 7) is 0. The molecule has 0 spiro atoms. The molecule has 328 valence electrons. The molecule has 0 bridgehead atoms. The van der Waals surface area contributed by atoms with Crippen LogP contribution in [0.5, 0.6) is 0 Å². The molecule has 14 aromatic rings. The maximum absolute atomic E-state index is 5.68. The van der Waals surface area contributed by atoms with E-state index in [1.165, 1.54) is 82.0 Å². The normalized spacial score (nSPS) is 13.1. The van der Waals surface area contributed by atoms with Gasteiger partial charge in [-0.25, -0.2) is 9.97 Å². The molecule has 0 aliphatic heterocycles. The van der Waals surface area contributed by atoms with E-state index in [-0.39, 0.29) is 0 Å². The van der Waals surface area contributed by atoms with Crippen molar-refractivity contribution in [2.45, 2.75) is 12.8 Å². The maximum atomic E-state index is 5.68. The Hall–Kier alpha value is -8.84. The molecule has 1 aliphatic rings. The SMILES string of the molecule is C1=CC(n2c3ccccc3c3cc(-c4ccc5c(c4)c4c6ccccc6ccc4n5-c4nc(-c5ccc6c(c5)c5ccccc5n6-c5ccccc5)c5sc(-c6ccccc6)cc5n4)ccc32)=CCC1.